The van der Waals surface area contributed by atoms with Crippen molar-refractivity contribution in [2.75, 3.05) is 0 Å². The molecule has 0 amide bonds. The Morgan fingerprint density at radius 1 is 1.24 bits per heavy atom. The fraction of sp³-hybridized carbons (Fsp3) is 0.600. The third-order valence-corrected chi connectivity index (χ3v) is 5.30. The van der Waals surface area contributed by atoms with E-state index in [4.69, 9.17) is 0 Å². The van der Waals surface area contributed by atoms with Crippen molar-refractivity contribution in [3.63, 3.8) is 0 Å². The molecule has 0 aliphatic heterocycles. The molecule has 4 atom stereocenters. The summed E-state index contributed by atoms with van der Waals surface area (Å²) in [5.41, 5.74) is 1.38. The zero-order valence-corrected chi connectivity index (χ0v) is 11.9. The van der Waals surface area contributed by atoms with Crippen LogP contribution in [-0.2, 0) is 0 Å². The van der Waals surface area contributed by atoms with Crippen molar-refractivity contribution in [3.8, 4) is 0 Å². The highest BCUT2D eigenvalue weighted by molar-refractivity contribution is 9.10. The molecule has 0 radical (unpaired) electrons. The van der Waals surface area contributed by atoms with Crippen molar-refractivity contribution in [2.45, 2.75) is 44.7 Å². The molecule has 17 heavy (non-hydrogen) atoms. The lowest BCUT2D eigenvalue weighted by Gasteiger charge is -2.27. The van der Waals surface area contributed by atoms with Crippen molar-refractivity contribution >= 4 is 15.9 Å². The van der Waals surface area contributed by atoms with Gasteiger partial charge in [0.15, 0.2) is 0 Å². The number of hydrogen-bond donors (Lipinski definition) is 1. The third-order valence-electron chi connectivity index (χ3n) is 4.57. The average molecular weight is 294 g/mol. The largest absolute Gasteiger partial charge is 0.307 e. The predicted molar refractivity (Wildman–Crippen MR) is 74.9 cm³/mol. The SMILES string of the molecule is C[C@@H](NC1CC2CCC1C2)c1ccccc1Br. The van der Waals surface area contributed by atoms with Gasteiger partial charge >= 0.3 is 0 Å². The minimum Gasteiger partial charge on any atom is -0.307 e. The molecule has 3 rings (SSSR count). The van der Waals surface area contributed by atoms with Crippen LogP contribution in [0.3, 0.4) is 0 Å². The summed E-state index contributed by atoms with van der Waals surface area (Å²) in [4.78, 5) is 0. The number of hydrogen-bond acceptors (Lipinski definition) is 1. The molecule has 0 aromatic heterocycles. The molecule has 2 saturated carbocycles. The van der Waals surface area contributed by atoms with Gasteiger partial charge in [-0.15, -0.1) is 0 Å². The highest BCUT2D eigenvalue weighted by Gasteiger charge is 2.39. The van der Waals surface area contributed by atoms with Crippen molar-refractivity contribution in [1.29, 1.82) is 0 Å². The first-order valence-corrected chi connectivity index (χ1v) is 7.54. The monoisotopic (exact) mass is 293 g/mol. The van der Waals surface area contributed by atoms with Crippen LogP contribution in [0, 0.1) is 11.8 Å². The molecule has 2 bridgehead atoms. The molecule has 1 N–H and O–H groups in total. The summed E-state index contributed by atoms with van der Waals surface area (Å²) in [6, 6.07) is 9.77. The fourth-order valence-corrected chi connectivity index (χ4v) is 4.31. The Morgan fingerprint density at radius 3 is 2.71 bits per heavy atom. The van der Waals surface area contributed by atoms with E-state index in [1.165, 1.54) is 35.7 Å². The van der Waals surface area contributed by atoms with Gasteiger partial charge in [0.05, 0.1) is 0 Å². The van der Waals surface area contributed by atoms with Crippen LogP contribution >= 0.6 is 15.9 Å². The summed E-state index contributed by atoms with van der Waals surface area (Å²) in [5.74, 6) is 1.97. The van der Waals surface area contributed by atoms with Crippen LogP contribution in [0.1, 0.15) is 44.2 Å². The number of fused-ring (bicyclic) bond motifs is 2. The van der Waals surface area contributed by atoms with Gasteiger partial charge in [-0.05, 0) is 49.7 Å². The second-order valence-corrected chi connectivity index (χ2v) is 6.55. The Balaban J connectivity index is 1.68. The molecule has 2 fully saturated rings. The Morgan fingerprint density at radius 2 is 2.06 bits per heavy atom. The summed E-state index contributed by atoms with van der Waals surface area (Å²) >= 11 is 3.65. The molecule has 1 aromatic carbocycles. The molecular weight excluding hydrogens is 274 g/mol. The van der Waals surface area contributed by atoms with Crippen LogP contribution in [0.25, 0.3) is 0 Å². The second kappa shape index (κ2) is 4.74. The minimum atomic E-state index is 0.454. The summed E-state index contributed by atoms with van der Waals surface area (Å²) in [5, 5.41) is 3.84. The first kappa shape index (κ1) is 11.7. The van der Waals surface area contributed by atoms with Crippen LogP contribution in [0.5, 0.6) is 0 Å². The minimum absolute atomic E-state index is 0.454. The van der Waals surface area contributed by atoms with E-state index in [9.17, 15) is 0 Å². The zero-order valence-electron chi connectivity index (χ0n) is 10.3. The van der Waals surface area contributed by atoms with Gasteiger partial charge in [-0.25, -0.2) is 0 Å². The molecule has 0 spiro atoms. The van der Waals surface area contributed by atoms with Gasteiger partial charge in [0, 0.05) is 16.6 Å². The quantitative estimate of drug-likeness (QED) is 0.877. The Hall–Kier alpha value is -0.340. The molecule has 2 aliphatic carbocycles. The summed E-state index contributed by atoms with van der Waals surface area (Å²) in [7, 11) is 0. The molecule has 2 aliphatic rings. The normalized spacial score (nSPS) is 32.9. The maximum absolute atomic E-state index is 3.84. The molecule has 1 nitrogen and oxygen atoms in total. The first-order chi connectivity index (χ1) is 8.24. The molecular formula is C15H20BrN. The fourth-order valence-electron chi connectivity index (χ4n) is 3.69. The van der Waals surface area contributed by atoms with Crippen LogP contribution in [0.4, 0.5) is 0 Å². The molecule has 0 heterocycles. The number of benzene rings is 1. The van der Waals surface area contributed by atoms with Crippen molar-refractivity contribution in [1.82, 2.24) is 5.32 Å². The van der Waals surface area contributed by atoms with Gasteiger partial charge in [0.2, 0.25) is 0 Å². The van der Waals surface area contributed by atoms with Crippen LogP contribution in [-0.4, -0.2) is 6.04 Å². The maximum Gasteiger partial charge on any atom is 0.0305 e. The van der Waals surface area contributed by atoms with Crippen molar-refractivity contribution in [2.24, 2.45) is 11.8 Å². The second-order valence-electron chi connectivity index (χ2n) is 5.69. The molecule has 92 valence electrons. The lowest BCUT2D eigenvalue weighted by atomic mass is 9.94. The topological polar surface area (TPSA) is 12.0 Å². The summed E-state index contributed by atoms with van der Waals surface area (Å²) in [6.45, 7) is 2.28. The van der Waals surface area contributed by atoms with E-state index >= 15 is 0 Å². The number of nitrogens with one attached hydrogen (secondary N) is 1. The predicted octanol–water partition coefficient (Wildman–Crippen LogP) is 4.29. The molecule has 3 unspecified atom stereocenters. The van der Waals surface area contributed by atoms with E-state index in [1.54, 1.807) is 0 Å². The Kier molecular flexibility index (Phi) is 3.27. The number of rotatable bonds is 3. The standard InChI is InChI=1S/C15H20BrN/c1-10(13-4-2-3-5-14(13)16)17-15-9-11-6-7-12(15)8-11/h2-5,10-12,15,17H,6-9H2,1H3/t10-,11?,12?,15?/m1/s1. The van der Waals surface area contributed by atoms with Gasteiger partial charge in [0.25, 0.3) is 0 Å². The van der Waals surface area contributed by atoms with E-state index in [-0.39, 0.29) is 0 Å². The Bertz CT molecular complexity index is 404. The van der Waals surface area contributed by atoms with E-state index in [2.05, 4.69) is 52.4 Å². The third kappa shape index (κ3) is 2.30. The van der Waals surface area contributed by atoms with Gasteiger partial charge in [0.1, 0.15) is 0 Å². The van der Waals surface area contributed by atoms with E-state index in [0.717, 1.165) is 17.9 Å². The van der Waals surface area contributed by atoms with E-state index in [1.807, 2.05) is 0 Å². The lowest BCUT2D eigenvalue weighted by molar-refractivity contribution is 0.326. The molecule has 1 aromatic rings. The molecule has 2 heteroatoms. The van der Waals surface area contributed by atoms with Gasteiger partial charge < -0.3 is 5.32 Å². The Labute approximate surface area is 112 Å². The summed E-state index contributed by atoms with van der Waals surface area (Å²) < 4.78 is 1.23. The van der Waals surface area contributed by atoms with Gasteiger partial charge in [-0.3, -0.25) is 0 Å². The number of halogens is 1. The maximum atomic E-state index is 3.84. The summed E-state index contributed by atoms with van der Waals surface area (Å²) in [6.07, 6.45) is 5.80. The average Bonchev–Trinajstić information content (AvgIpc) is 2.91. The molecule has 0 saturated heterocycles. The van der Waals surface area contributed by atoms with Crippen molar-refractivity contribution in [3.05, 3.63) is 34.3 Å². The lowest BCUT2D eigenvalue weighted by Crippen LogP contribution is -2.35. The van der Waals surface area contributed by atoms with Crippen LogP contribution < -0.4 is 5.32 Å². The highest BCUT2D eigenvalue weighted by Crippen LogP contribution is 2.45. The van der Waals surface area contributed by atoms with Gasteiger partial charge in [-0.2, -0.15) is 0 Å². The zero-order chi connectivity index (χ0) is 11.8. The smallest absolute Gasteiger partial charge is 0.0305 e. The van der Waals surface area contributed by atoms with Crippen LogP contribution in [0.2, 0.25) is 0 Å². The van der Waals surface area contributed by atoms with E-state index in [0.29, 0.717) is 6.04 Å². The van der Waals surface area contributed by atoms with Crippen LogP contribution in [0.15, 0.2) is 28.7 Å². The first-order valence-electron chi connectivity index (χ1n) is 6.74. The highest BCUT2D eigenvalue weighted by atomic mass is 79.9. The van der Waals surface area contributed by atoms with E-state index < -0.39 is 0 Å². The van der Waals surface area contributed by atoms with Crippen molar-refractivity contribution < 1.29 is 0 Å². The van der Waals surface area contributed by atoms with Gasteiger partial charge in [-0.1, -0.05) is 40.5 Å².